The molecule has 140 valence electrons. The summed E-state index contributed by atoms with van der Waals surface area (Å²) in [6, 6.07) is 18.9. The van der Waals surface area contributed by atoms with Gasteiger partial charge in [0, 0.05) is 5.56 Å². The van der Waals surface area contributed by atoms with Gasteiger partial charge < -0.3 is 20.6 Å². The van der Waals surface area contributed by atoms with Gasteiger partial charge in [-0.1, -0.05) is 24.3 Å². The lowest BCUT2D eigenvalue weighted by atomic mass is 10.1. The van der Waals surface area contributed by atoms with Crippen molar-refractivity contribution in [2.24, 2.45) is 0 Å². The first-order valence-corrected chi connectivity index (χ1v) is 9.05. The van der Waals surface area contributed by atoms with Crippen molar-refractivity contribution in [2.75, 3.05) is 11.1 Å². The molecule has 0 spiro atoms. The number of benzene rings is 3. The van der Waals surface area contributed by atoms with E-state index >= 15 is 0 Å². The fraction of sp³-hybridized carbons (Fsp3) is 0.0476. The molecule has 28 heavy (non-hydrogen) atoms. The number of imidazole rings is 1. The summed E-state index contributed by atoms with van der Waals surface area (Å²) in [7, 11) is 0. The third-order valence-corrected chi connectivity index (χ3v) is 4.82. The highest BCUT2D eigenvalue weighted by Crippen LogP contribution is 2.19. The molecule has 1 aromatic heterocycles. The molecule has 3 aromatic carbocycles. The second kappa shape index (κ2) is 7.28. The highest BCUT2D eigenvalue weighted by atomic mass is 32.1. The number of hydrogen-bond donors (Lipinski definition) is 3. The molecule has 0 bridgehead atoms. The topological polar surface area (TPSA) is 75.8 Å². The number of hydrogen-bond acceptors (Lipinski definition) is 3. The third kappa shape index (κ3) is 3.52. The monoisotopic (exact) mass is 392 g/mol. The number of H-pyrrole nitrogens is 1. The van der Waals surface area contributed by atoms with Crippen LogP contribution in [0.2, 0.25) is 0 Å². The highest BCUT2D eigenvalue weighted by Gasteiger charge is 2.09. The number of nitrogens with one attached hydrogen (secondary N) is 2. The van der Waals surface area contributed by atoms with E-state index in [0.717, 1.165) is 11.1 Å². The Morgan fingerprint density at radius 2 is 1.86 bits per heavy atom. The Balaban J connectivity index is 1.54. The molecule has 0 unspecified atom stereocenters. The molecule has 0 fully saturated rings. The van der Waals surface area contributed by atoms with Crippen LogP contribution in [0, 0.1) is 10.6 Å². The molecule has 0 atom stereocenters. The number of anilines is 2. The van der Waals surface area contributed by atoms with Crippen molar-refractivity contribution in [3.05, 3.63) is 88.4 Å². The quantitative estimate of drug-likeness (QED) is 0.347. The average molecular weight is 392 g/mol. The molecule has 7 heteroatoms. The van der Waals surface area contributed by atoms with Crippen molar-refractivity contribution in [1.82, 2.24) is 9.55 Å². The first kappa shape index (κ1) is 17.9. The second-order valence-corrected chi connectivity index (χ2v) is 6.80. The van der Waals surface area contributed by atoms with E-state index in [9.17, 15) is 9.18 Å². The zero-order valence-electron chi connectivity index (χ0n) is 14.8. The van der Waals surface area contributed by atoms with Crippen molar-refractivity contribution in [1.29, 1.82) is 0 Å². The van der Waals surface area contributed by atoms with Crippen molar-refractivity contribution in [3.63, 3.8) is 0 Å². The molecule has 1 heterocycles. The lowest BCUT2D eigenvalue weighted by Crippen LogP contribution is -2.13. The molecule has 0 aliphatic heterocycles. The maximum absolute atomic E-state index is 13.4. The fourth-order valence-corrected chi connectivity index (χ4v) is 3.32. The minimum Gasteiger partial charge on any atom is -0.397 e. The molecule has 1 amide bonds. The maximum atomic E-state index is 13.4. The van der Waals surface area contributed by atoms with Gasteiger partial charge in [-0.2, -0.15) is 0 Å². The molecule has 0 saturated heterocycles. The maximum Gasteiger partial charge on any atom is 0.255 e. The van der Waals surface area contributed by atoms with E-state index in [1.165, 1.54) is 12.1 Å². The van der Waals surface area contributed by atoms with Gasteiger partial charge in [-0.05, 0) is 60.2 Å². The van der Waals surface area contributed by atoms with Crippen molar-refractivity contribution in [3.8, 4) is 0 Å². The zero-order chi connectivity index (χ0) is 19.7. The minimum absolute atomic E-state index is 0.233. The number of nitrogens with zero attached hydrogens (tertiary/aromatic N) is 1. The molecular formula is C21H17FN4OS. The molecule has 0 radical (unpaired) electrons. The molecule has 4 N–H and O–H groups in total. The summed E-state index contributed by atoms with van der Waals surface area (Å²) in [5.41, 5.74) is 9.93. The average Bonchev–Trinajstić information content (AvgIpc) is 2.98. The number of carbonyl (C=O) groups excluding carboxylic acids is 1. The number of halogens is 1. The standard InChI is InChI=1S/C21H17FN4OS/c22-15-9-10-19-18(11-15)25-21(28)26(19)12-13-5-7-14(8-6-13)20(27)24-17-4-2-1-3-16(17)23/h1-11H,12,23H2,(H,24,27)(H,25,28). The van der Waals surface area contributed by atoms with E-state index < -0.39 is 0 Å². The number of para-hydroxylation sites is 2. The van der Waals surface area contributed by atoms with Gasteiger partial charge >= 0.3 is 0 Å². The van der Waals surface area contributed by atoms with Gasteiger partial charge in [-0.25, -0.2) is 4.39 Å². The number of carbonyl (C=O) groups is 1. The zero-order valence-corrected chi connectivity index (χ0v) is 15.6. The lowest BCUT2D eigenvalue weighted by molar-refractivity contribution is 0.102. The Labute approximate surface area is 165 Å². The van der Waals surface area contributed by atoms with Gasteiger partial charge in [-0.3, -0.25) is 4.79 Å². The van der Waals surface area contributed by atoms with Crippen LogP contribution >= 0.6 is 12.2 Å². The van der Waals surface area contributed by atoms with E-state index in [-0.39, 0.29) is 11.7 Å². The summed E-state index contributed by atoms with van der Waals surface area (Å²) in [5.74, 6) is -0.547. The van der Waals surface area contributed by atoms with Crippen molar-refractivity contribution < 1.29 is 9.18 Å². The van der Waals surface area contributed by atoms with Gasteiger partial charge in [0.25, 0.3) is 5.91 Å². The predicted molar refractivity (Wildman–Crippen MR) is 111 cm³/mol. The van der Waals surface area contributed by atoms with Crippen LogP contribution < -0.4 is 11.1 Å². The molecule has 0 aliphatic rings. The van der Waals surface area contributed by atoms with Gasteiger partial charge in [0.15, 0.2) is 4.77 Å². The normalized spacial score (nSPS) is 10.9. The largest absolute Gasteiger partial charge is 0.397 e. The minimum atomic E-state index is -0.315. The summed E-state index contributed by atoms with van der Waals surface area (Å²) in [6.45, 7) is 0.512. The summed E-state index contributed by atoms with van der Waals surface area (Å²) in [5, 5.41) is 2.80. The first-order valence-electron chi connectivity index (χ1n) is 8.64. The van der Waals surface area contributed by atoms with E-state index in [2.05, 4.69) is 10.3 Å². The number of fused-ring (bicyclic) bond motifs is 1. The Bertz CT molecular complexity index is 1230. The number of rotatable bonds is 4. The van der Waals surface area contributed by atoms with Crippen LogP contribution in [0.5, 0.6) is 0 Å². The summed E-state index contributed by atoms with van der Waals surface area (Å²) in [4.78, 5) is 15.4. The Morgan fingerprint density at radius 1 is 1.11 bits per heavy atom. The number of aromatic nitrogens is 2. The summed E-state index contributed by atoms with van der Waals surface area (Å²) in [6.07, 6.45) is 0. The lowest BCUT2D eigenvalue weighted by Gasteiger charge is -2.09. The molecule has 5 nitrogen and oxygen atoms in total. The smallest absolute Gasteiger partial charge is 0.255 e. The third-order valence-electron chi connectivity index (χ3n) is 4.50. The van der Waals surface area contributed by atoms with Crippen LogP contribution in [0.25, 0.3) is 11.0 Å². The van der Waals surface area contributed by atoms with Crippen LogP contribution in [-0.2, 0) is 6.54 Å². The number of amides is 1. The molecule has 4 aromatic rings. The van der Waals surface area contributed by atoms with Crippen LogP contribution in [0.15, 0.2) is 66.7 Å². The predicted octanol–water partition coefficient (Wildman–Crippen LogP) is 4.72. The van der Waals surface area contributed by atoms with Gasteiger partial charge in [0.2, 0.25) is 0 Å². The van der Waals surface area contributed by atoms with Gasteiger partial charge in [0.1, 0.15) is 5.82 Å². The second-order valence-electron chi connectivity index (χ2n) is 6.42. The number of nitrogens with two attached hydrogens (primary N) is 1. The van der Waals surface area contributed by atoms with E-state index in [0.29, 0.717) is 33.8 Å². The molecule has 4 rings (SSSR count). The molecule has 0 saturated carbocycles. The van der Waals surface area contributed by atoms with Crippen LogP contribution in [0.4, 0.5) is 15.8 Å². The molecular weight excluding hydrogens is 375 g/mol. The highest BCUT2D eigenvalue weighted by molar-refractivity contribution is 7.71. The SMILES string of the molecule is Nc1ccccc1NC(=O)c1ccc(Cn2c(=S)[nH]c3cc(F)ccc32)cc1. The van der Waals surface area contributed by atoms with E-state index in [1.54, 1.807) is 30.3 Å². The first-order chi connectivity index (χ1) is 13.5. The van der Waals surface area contributed by atoms with Crippen molar-refractivity contribution in [2.45, 2.75) is 6.54 Å². The van der Waals surface area contributed by atoms with E-state index in [4.69, 9.17) is 18.0 Å². The van der Waals surface area contributed by atoms with Gasteiger partial charge in [-0.15, -0.1) is 0 Å². The van der Waals surface area contributed by atoms with E-state index in [1.807, 2.05) is 28.8 Å². The Hall–Kier alpha value is -3.45. The van der Waals surface area contributed by atoms with Gasteiger partial charge in [0.05, 0.1) is 29.0 Å². The van der Waals surface area contributed by atoms with Crippen LogP contribution in [0.1, 0.15) is 15.9 Å². The molecule has 0 aliphatic carbocycles. The fourth-order valence-electron chi connectivity index (χ4n) is 3.04. The summed E-state index contributed by atoms with van der Waals surface area (Å²) < 4.78 is 15.8. The Morgan fingerprint density at radius 3 is 2.61 bits per heavy atom. The number of nitrogen functional groups attached to an aromatic ring is 1. The van der Waals surface area contributed by atoms with Crippen LogP contribution in [-0.4, -0.2) is 15.5 Å². The number of aromatic amines is 1. The Kier molecular flexibility index (Phi) is 4.67. The summed E-state index contributed by atoms with van der Waals surface area (Å²) >= 11 is 5.36. The van der Waals surface area contributed by atoms with Crippen LogP contribution in [0.3, 0.4) is 0 Å². The van der Waals surface area contributed by atoms with Crippen molar-refractivity contribution >= 4 is 40.5 Å².